The van der Waals surface area contributed by atoms with Crippen LogP contribution in [0.5, 0.6) is 0 Å². The van der Waals surface area contributed by atoms with Crippen LogP contribution < -0.4 is 10.0 Å². The highest BCUT2D eigenvalue weighted by Gasteiger charge is 2.18. The van der Waals surface area contributed by atoms with E-state index in [1.807, 2.05) is 0 Å². The van der Waals surface area contributed by atoms with E-state index in [0.29, 0.717) is 4.47 Å². The van der Waals surface area contributed by atoms with Crippen LogP contribution in [0.15, 0.2) is 33.6 Å². The second kappa shape index (κ2) is 6.31. The van der Waals surface area contributed by atoms with Gasteiger partial charge in [0.15, 0.2) is 0 Å². The molecule has 0 aliphatic rings. The molecule has 18 heavy (non-hydrogen) atoms. The van der Waals surface area contributed by atoms with Gasteiger partial charge in [0.25, 0.3) is 0 Å². The number of halogens is 1. The van der Waals surface area contributed by atoms with Gasteiger partial charge in [-0.15, -0.1) is 0 Å². The van der Waals surface area contributed by atoms with E-state index in [-0.39, 0.29) is 23.4 Å². The summed E-state index contributed by atoms with van der Waals surface area (Å²) >= 11 is 3.16. The highest BCUT2D eigenvalue weighted by atomic mass is 79.9. The Hall–Kier alpha value is -0.920. The second-order valence-corrected chi connectivity index (χ2v) is 6.57. The van der Waals surface area contributed by atoms with Crippen LogP contribution >= 0.6 is 15.9 Å². The molecule has 0 atom stereocenters. The normalized spacial score (nSPS) is 11.6. The van der Waals surface area contributed by atoms with Crippen LogP contribution in [0.3, 0.4) is 0 Å². The molecule has 1 aromatic rings. The van der Waals surface area contributed by atoms with Gasteiger partial charge in [0.2, 0.25) is 15.9 Å². The molecule has 5 nitrogen and oxygen atoms in total. The topological polar surface area (TPSA) is 75.3 Å². The molecule has 0 spiro atoms. The van der Waals surface area contributed by atoms with Crippen molar-refractivity contribution in [2.24, 2.45) is 0 Å². The van der Waals surface area contributed by atoms with Crippen molar-refractivity contribution in [3.05, 3.63) is 28.7 Å². The summed E-state index contributed by atoms with van der Waals surface area (Å²) in [6, 6.07) is 6.41. The minimum absolute atomic E-state index is 0.0227. The summed E-state index contributed by atoms with van der Waals surface area (Å²) in [6.45, 7) is 3.34. The van der Waals surface area contributed by atoms with Crippen LogP contribution in [0.2, 0.25) is 0 Å². The van der Waals surface area contributed by atoms with Crippen molar-refractivity contribution in [1.82, 2.24) is 10.0 Å². The molecule has 0 aromatic heterocycles. The third-order valence-electron chi connectivity index (χ3n) is 2.00. The van der Waals surface area contributed by atoms with Crippen LogP contribution in [-0.2, 0) is 14.8 Å². The molecule has 0 bridgehead atoms. The molecule has 0 saturated heterocycles. The molecule has 1 amide bonds. The van der Waals surface area contributed by atoms with E-state index in [0.717, 1.165) is 0 Å². The lowest BCUT2D eigenvalue weighted by atomic mass is 10.4. The van der Waals surface area contributed by atoms with E-state index in [4.69, 9.17) is 0 Å². The molecule has 0 unspecified atom stereocenters. The molecule has 0 fully saturated rings. The average Bonchev–Trinajstić information content (AvgIpc) is 2.26. The number of rotatable bonds is 5. The Balaban J connectivity index is 2.72. The number of carbonyl (C=O) groups is 1. The summed E-state index contributed by atoms with van der Waals surface area (Å²) in [5.41, 5.74) is 0. The maximum atomic E-state index is 11.9. The van der Waals surface area contributed by atoms with E-state index >= 15 is 0 Å². The Morgan fingerprint density at radius 3 is 2.50 bits per heavy atom. The monoisotopic (exact) mass is 334 g/mol. The van der Waals surface area contributed by atoms with Crippen molar-refractivity contribution in [3.8, 4) is 0 Å². The number of nitrogens with one attached hydrogen (secondary N) is 2. The standard InChI is InChI=1S/C11H15BrN2O3S/c1-8(2)14-11(15)7-13-18(16,17)10-6-4-3-5-9(10)12/h3-6,8,13H,7H2,1-2H3,(H,14,15). The van der Waals surface area contributed by atoms with Gasteiger partial charge in [-0.1, -0.05) is 12.1 Å². The Morgan fingerprint density at radius 2 is 1.94 bits per heavy atom. The van der Waals surface area contributed by atoms with Gasteiger partial charge in [-0.2, -0.15) is 0 Å². The van der Waals surface area contributed by atoms with Gasteiger partial charge in [-0.3, -0.25) is 4.79 Å². The lowest BCUT2D eigenvalue weighted by molar-refractivity contribution is -0.120. The van der Waals surface area contributed by atoms with Gasteiger partial charge in [0, 0.05) is 10.5 Å². The van der Waals surface area contributed by atoms with Gasteiger partial charge >= 0.3 is 0 Å². The first-order chi connectivity index (χ1) is 8.33. The van der Waals surface area contributed by atoms with Crippen molar-refractivity contribution in [3.63, 3.8) is 0 Å². The SMILES string of the molecule is CC(C)NC(=O)CNS(=O)(=O)c1ccccc1Br. The van der Waals surface area contributed by atoms with Gasteiger partial charge in [-0.25, -0.2) is 13.1 Å². The van der Waals surface area contributed by atoms with Crippen molar-refractivity contribution in [1.29, 1.82) is 0 Å². The zero-order valence-corrected chi connectivity index (χ0v) is 12.5. The largest absolute Gasteiger partial charge is 0.353 e. The molecular formula is C11H15BrN2O3S. The molecule has 0 aliphatic carbocycles. The summed E-state index contributed by atoms with van der Waals surface area (Å²) in [5, 5.41) is 2.60. The van der Waals surface area contributed by atoms with E-state index < -0.39 is 10.0 Å². The van der Waals surface area contributed by atoms with Crippen LogP contribution in [0.25, 0.3) is 0 Å². The van der Waals surface area contributed by atoms with E-state index in [9.17, 15) is 13.2 Å². The third-order valence-corrected chi connectivity index (χ3v) is 4.41. The lowest BCUT2D eigenvalue weighted by Crippen LogP contribution is -2.39. The molecule has 100 valence electrons. The van der Waals surface area contributed by atoms with Gasteiger partial charge in [-0.05, 0) is 41.9 Å². The van der Waals surface area contributed by atoms with E-state index in [1.165, 1.54) is 6.07 Å². The average molecular weight is 335 g/mol. The number of benzene rings is 1. The fourth-order valence-electron chi connectivity index (χ4n) is 1.27. The Morgan fingerprint density at radius 1 is 1.33 bits per heavy atom. The van der Waals surface area contributed by atoms with Crippen LogP contribution in [0, 0.1) is 0 Å². The van der Waals surface area contributed by atoms with Crippen LogP contribution in [0.4, 0.5) is 0 Å². The second-order valence-electron chi connectivity index (χ2n) is 3.98. The molecular weight excluding hydrogens is 320 g/mol. The predicted molar refractivity (Wildman–Crippen MR) is 72.6 cm³/mol. The Labute approximate surface area is 115 Å². The summed E-state index contributed by atoms with van der Waals surface area (Å²) in [4.78, 5) is 11.5. The summed E-state index contributed by atoms with van der Waals surface area (Å²) in [6.07, 6.45) is 0. The maximum Gasteiger partial charge on any atom is 0.242 e. The minimum atomic E-state index is -3.68. The molecule has 1 rings (SSSR count). The summed E-state index contributed by atoms with van der Waals surface area (Å²) in [7, 11) is -3.68. The smallest absolute Gasteiger partial charge is 0.242 e. The Kier molecular flexibility index (Phi) is 5.30. The molecule has 7 heteroatoms. The van der Waals surface area contributed by atoms with Crippen molar-refractivity contribution < 1.29 is 13.2 Å². The first kappa shape index (κ1) is 15.1. The molecule has 1 aromatic carbocycles. The predicted octanol–water partition coefficient (Wildman–Crippen LogP) is 1.25. The zero-order valence-electron chi connectivity index (χ0n) is 10.1. The minimum Gasteiger partial charge on any atom is -0.353 e. The third kappa shape index (κ3) is 4.40. The zero-order chi connectivity index (χ0) is 13.8. The van der Waals surface area contributed by atoms with Crippen LogP contribution in [0.1, 0.15) is 13.8 Å². The number of amides is 1. The molecule has 0 saturated carbocycles. The molecule has 0 radical (unpaired) electrons. The van der Waals surface area contributed by atoms with E-state index in [1.54, 1.807) is 32.0 Å². The first-order valence-corrected chi connectivity index (χ1v) is 7.64. The first-order valence-electron chi connectivity index (χ1n) is 5.36. The molecule has 0 aliphatic heterocycles. The number of hydrogen-bond donors (Lipinski definition) is 2. The van der Waals surface area contributed by atoms with Crippen molar-refractivity contribution in [2.75, 3.05) is 6.54 Å². The highest BCUT2D eigenvalue weighted by molar-refractivity contribution is 9.10. The van der Waals surface area contributed by atoms with Crippen LogP contribution in [-0.4, -0.2) is 26.9 Å². The van der Waals surface area contributed by atoms with E-state index in [2.05, 4.69) is 26.0 Å². The lowest BCUT2D eigenvalue weighted by Gasteiger charge is -2.10. The van der Waals surface area contributed by atoms with Crippen molar-refractivity contribution in [2.45, 2.75) is 24.8 Å². The Bertz CT molecular complexity index is 529. The fraction of sp³-hybridized carbons (Fsp3) is 0.364. The summed E-state index contributed by atoms with van der Waals surface area (Å²) in [5.74, 6) is -0.361. The van der Waals surface area contributed by atoms with Gasteiger partial charge in [0.05, 0.1) is 11.4 Å². The summed E-state index contributed by atoms with van der Waals surface area (Å²) < 4.78 is 26.6. The maximum absolute atomic E-state index is 11.9. The van der Waals surface area contributed by atoms with Gasteiger partial charge in [0.1, 0.15) is 0 Å². The molecule has 2 N–H and O–H groups in total. The van der Waals surface area contributed by atoms with Gasteiger partial charge < -0.3 is 5.32 Å². The fourth-order valence-corrected chi connectivity index (χ4v) is 3.26. The van der Waals surface area contributed by atoms with Crippen molar-refractivity contribution >= 4 is 31.9 Å². The highest BCUT2D eigenvalue weighted by Crippen LogP contribution is 2.20. The number of hydrogen-bond acceptors (Lipinski definition) is 3. The molecule has 0 heterocycles. The number of sulfonamides is 1. The number of carbonyl (C=O) groups excluding carboxylic acids is 1. The quantitative estimate of drug-likeness (QED) is 0.850.